The summed E-state index contributed by atoms with van der Waals surface area (Å²) in [6, 6.07) is 7.56. The molecule has 1 heterocycles. The van der Waals surface area contributed by atoms with Crippen LogP contribution in [0.5, 0.6) is 5.75 Å². The van der Waals surface area contributed by atoms with Crippen molar-refractivity contribution in [1.82, 2.24) is 5.32 Å². The van der Waals surface area contributed by atoms with Crippen LogP contribution in [0, 0.1) is 0 Å². The molecule has 5 heteroatoms. The molecule has 114 valence electrons. The lowest BCUT2D eigenvalue weighted by Gasteiger charge is -2.32. The van der Waals surface area contributed by atoms with Crippen molar-refractivity contribution in [2.45, 2.75) is 51.2 Å². The van der Waals surface area contributed by atoms with Crippen molar-refractivity contribution in [3.63, 3.8) is 0 Å². The Morgan fingerprint density at radius 1 is 1.33 bits per heavy atom. The summed E-state index contributed by atoms with van der Waals surface area (Å²) in [5.74, 6) is -0.416. The lowest BCUT2D eigenvalue weighted by molar-refractivity contribution is -0.139. The number of carboxylic acids is 1. The summed E-state index contributed by atoms with van der Waals surface area (Å²) in [7, 11) is 0. The van der Waals surface area contributed by atoms with Gasteiger partial charge in [-0.2, -0.15) is 0 Å². The number of carbonyl (C=O) groups is 2. The van der Waals surface area contributed by atoms with Crippen LogP contribution in [0.1, 0.15) is 38.7 Å². The van der Waals surface area contributed by atoms with Crippen LogP contribution in [0.3, 0.4) is 0 Å². The predicted molar refractivity (Wildman–Crippen MR) is 78.3 cm³/mol. The van der Waals surface area contributed by atoms with Gasteiger partial charge >= 0.3 is 5.97 Å². The van der Waals surface area contributed by atoms with Crippen molar-refractivity contribution in [2.75, 3.05) is 0 Å². The second-order valence-corrected chi connectivity index (χ2v) is 5.47. The van der Waals surface area contributed by atoms with E-state index in [-0.39, 0.29) is 12.3 Å². The van der Waals surface area contributed by atoms with Gasteiger partial charge in [0.1, 0.15) is 5.75 Å². The molecule has 0 radical (unpaired) electrons. The van der Waals surface area contributed by atoms with Gasteiger partial charge in [-0.3, -0.25) is 9.59 Å². The quantitative estimate of drug-likeness (QED) is 0.842. The fourth-order valence-electron chi connectivity index (χ4n) is 2.68. The standard InChI is InChI=1S/C16H21NO4/c1-3-16(4-2,10-14(18)19)17-15(20)13-9-11-7-5-6-8-12(11)21-13/h5-8,13H,3-4,9-10H2,1-2H3,(H,17,20)(H,18,19). The Morgan fingerprint density at radius 2 is 2.00 bits per heavy atom. The Balaban J connectivity index is 2.06. The molecule has 0 spiro atoms. The number of carbonyl (C=O) groups excluding carboxylic acids is 1. The second-order valence-electron chi connectivity index (χ2n) is 5.47. The number of ether oxygens (including phenoxy) is 1. The van der Waals surface area contributed by atoms with Crippen LogP contribution in [0.15, 0.2) is 24.3 Å². The fourth-order valence-corrected chi connectivity index (χ4v) is 2.68. The number of hydrogen-bond donors (Lipinski definition) is 2. The van der Waals surface area contributed by atoms with Gasteiger partial charge in [-0.1, -0.05) is 32.0 Å². The Labute approximate surface area is 124 Å². The number of carboxylic acid groups (broad SMARTS) is 1. The molecule has 1 unspecified atom stereocenters. The van der Waals surface area contributed by atoms with Crippen molar-refractivity contribution >= 4 is 11.9 Å². The van der Waals surface area contributed by atoms with Crippen molar-refractivity contribution in [2.24, 2.45) is 0 Å². The maximum Gasteiger partial charge on any atom is 0.305 e. The minimum atomic E-state index is -0.908. The first-order valence-electron chi connectivity index (χ1n) is 7.28. The number of para-hydroxylation sites is 1. The summed E-state index contributed by atoms with van der Waals surface area (Å²) in [6.07, 6.45) is 1.01. The number of nitrogens with one attached hydrogen (secondary N) is 1. The van der Waals surface area contributed by atoms with Crippen LogP contribution in [0.25, 0.3) is 0 Å². The Hall–Kier alpha value is -2.04. The SMILES string of the molecule is CCC(CC)(CC(=O)O)NC(=O)C1Cc2ccccc2O1. The summed E-state index contributed by atoms with van der Waals surface area (Å²) in [5, 5.41) is 11.9. The second kappa shape index (κ2) is 6.16. The maximum atomic E-state index is 12.4. The first-order valence-corrected chi connectivity index (χ1v) is 7.28. The molecule has 1 aromatic carbocycles. The van der Waals surface area contributed by atoms with Crippen molar-refractivity contribution in [1.29, 1.82) is 0 Å². The number of rotatable bonds is 6. The average molecular weight is 291 g/mol. The van der Waals surface area contributed by atoms with Crippen molar-refractivity contribution < 1.29 is 19.4 Å². The highest BCUT2D eigenvalue weighted by atomic mass is 16.5. The van der Waals surface area contributed by atoms with Crippen LogP contribution in [0.4, 0.5) is 0 Å². The number of hydrogen-bond acceptors (Lipinski definition) is 3. The van der Waals surface area contributed by atoms with Crippen LogP contribution in [0.2, 0.25) is 0 Å². The third-order valence-electron chi connectivity index (χ3n) is 4.17. The molecule has 0 aromatic heterocycles. The van der Waals surface area contributed by atoms with Gasteiger partial charge in [-0.25, -0.2) is 0 Å². The molecule has 5 nitrogen and oxygen atoms in total. The highest BCUT2D eigenvalue weighted by Crippen LogP contribution is 2.29. The van der Waals surface area contributed by atoms with E-state index in [2.05, 4.69) is 5.32 Å². The topological polar surface area (TPSA) is 75.6 Å². The van der Waals surface area contributed by atoms with Gasteiger partial charge in [0.2, 0.25) is 0 Å². The molecule has 1 amide bonds. The molecule has 0 saturated carbocycles. The number of fused-ring (bicyclic) bond motifs is 1. The molecule has 1 aliphatic rings. The molecule has 0 fully saturated rings. The van der Waals surface area contributed by atoms with E-state index in [1.807, 2.05) is 38.1 Å². The number of aliphatic carboxylic acids is 1. The van der Waals surface area contributed by atoms with Gasteiger partial charge in [0, 0.05) is 6.42 Å². The maximum absolute atomic E-state index is 12.4. The van der Waals surface area contributed by atoms with Gasteiger partial charge in [0.05, 0.1) is 12.0 Å². The molecule has 1 aliphatic heterocycles. The third kappa shape index (κ3) is 3.35. The Morgan fingerprint density at radius 3 is 2.57 bits per heavy atom. The molecule has 0 bridgehead atoms. The van der Waals surface area contributed by atoms with E-state index in [9.17, 15) is 9.59 Å². The van der Waals surface area contributed by atoms with E-state index in [4.69, 9.17) is 9.84 Å². The minimum absolute atomic E-state index is 0.0780. The average Bonchev–Trinajstić information content (AvgIpc) is 2.90. The Kier molecular flexibility index (Phi) is 4.50. The highest BCUT2D eigenvalue weighted by Gasteiger charge is 2.36. The van der Waals surface area contributed by atoms with E-state index in [0.717, 1.165) is 11.3 Å². The summed E-state index contributed by atoms with van der Waals surface area (Å²) >= 11 is 0. The van der Waals surface area contributed by atoms with E-state index in [0.29, 0.717) is 19.3 Å². The highest BCUT2D eigenvalue weighted by molar-refractivity contribution is 5.84. The lowest BCUT2D eigenvalue weighted by atomic mass is 9.88. The van der Waals surface area contributed by atoms with Gasteiger partial charge in [0.15, 0.2) is 6.10 Å². The predicted octanol–water partition coefficient (Wildman–Crippen LogP) is 2.14. The fraction of sp³-hybridized carbons (Fsp3) is 0.500. The third-order valence-corrected chi connectivity index (χ3v) is 4.17. The zero-order chi connectivity index (χ0) is 15.5. The van der Waals surface area contributed by atoms with Gasteiger partial charge < -0.3 is 15.2 Å². The van der Waals surface area contributed by atoms with E-state index >= 15 is 0 Å². The smallest absolute Gasteiger partial charge is 0.305 e. The van der Waals surface area contributed by atoms with Crippen LogP contribution in [-0.2, 0) is 16.0 Å². The first-order chi connectivity index (χ1) is 9.99. The minimum Gasteiger partial charge on any atom is -0.481 e. The summed E-state index contributed by atoms with van der Waals surface area (Å²) in [5.41, 5.74) is 0.301. The Bertz CT molecular complexity index is 512. The van der Waals surface area contributed by atoms with Crippen LogP contribution >= 0.6 is 0 Å². The molecule has 2 N–H and O–H groups in total. The number of benzene rings is 1. The van der Waals surface area contributed by atoms with Gasteiger partial charge in [-0.15, -0.1) is 0 Å². The summed E-state index contributed by atoms with van der Waals surface area (Å²) in [4.78, 5) is 23.4. The molecule has 0 saturated heterocycles. The number of amides is 1. The van der Waals surface area contributed by atoms with Gasteiger partial charge in [-0.05, 0) is 24.5 Å². The van der Waals surface area contributed by atoms with Crippen molar-refractivity contribution in [3.05, 3.63) is 29.8 Å². The largest absolute Gasteiger partial charge is 0.481 e. The first kappa shape index (κ1) is 15.4. The zero-order valence-corrected chi connectivity index (χ0v) is 12.4. The van der Waals surface area contributed by atoms with Crippen LogP contribution < -0.4 is 10.1 Å². The molecule has 2 rings (SSSR count). The molecule has 0 aliphatic carbocycles. The summed E-state index contributed by atoms with van der Waals surface area (Å²) in [6.45, 7) is 3.77. The van der Waals surface area contributed by atoms with Crippen LogP contribution in [-0.4, -0.2) is 28.6 Å². The zero-order valence-electron chi connectivity index (χ0n) is 12.4. The van der Waals surface area contributed by atoms with E-state index < -0.39 is 17.6 Å². The lowest BCUT2D eigenvalue weighted by Crippen LogP contribution is -2.53. The van der Waals surface area contributed by atoms with Gasteiger partial charge in [0.25, 0.3) is 5.91 Å². The molecule has 21 heavy (non-hydrogen) atoms. The normalized spacial score (nSPS) is 17.0. The molecular weight excluding hydrogens is 270 g/mol. The molecule has 1 atom stereocenters. The molecular formula is C16H21NO4. The van der Waals surface area contributed by atoms with E-state index in [1.54, 1.807) is 0 Å². The van der Waals surface area contributed by atoms with Crippen molar-refractivity contribution in [3.8, 4) is 5.75 Å². The monoisotopic (exact) mass is 291 g/mol. The molecule has 1 aromatic rings. The van der Waals surface area contributed by atoms with E-state index in [1.165, 1.54) is 0 Å². The summed E-state index contributed by atoms with van der Waals surface area (Å²) < 4.78 is 5.65.